The van der Waals surface area contributed by atoms with Crippen LogP contribution in [-0.4, -0.2) is 28.9 Å². The van der Waals surface area contributed by atoms with E-state index < -0.39 is 12.1 Å². The lowest BCUT2D eigenvalue weighted by Crippen LogP contribution is -2.22. The summed E-state index contributed by atoms with van der Waals surface area (Å²) in [5, 5.41) is 12.0. The Kier molecular flexibility index (Phi) is 7.41. The van der Waals surface area contributed by atoms with Gasteiger partial charge in [-0.15, -0.1) is 0 Å². The smallest absolute Gasteiger partial charge is 0.344 e. The molecule has 6 nitrogen and oxygen atoms in total. The predicted molar refractivity (Wildman–Crippen MR) is 123 cm³/mol. The summed E-state index contributed by atoms with van der Waals surface area (Å²) in [7, 11) is 0. The molecular weight excluding hydrogens is 430 g/mol. The minimum absolute atomic E-state index is 0.228. The molecule has 0 aliphatic rings. The maximum absolute atomic E-state index is 12.4. The van der Waals surface area contributed by atoms with Gasteiger partial charge in [-0.1, -0.05) is 41.9 Å². The number of carboxylic acid groups (broad SMARTS) is 1. The summed E-state index contributed by atoms with van der Waals surface area (Å²) >= 11 is 6.06. The summed E-state index contributed by atoms with van der Waals surface area (Å²) in [4.78, 5) is 35.7. The molecule has 0 heterocycles. The van der Waals surface area contributed by atoms with E-state index in [1.165, 1.54) is 13.0 Å². The lowest BCUT2D eigenvalue weighted by atomic mass is 10.1. The Morgan fingerprint density at radius 2 is 1.72 bits per heavy atom. The first kappa shape index (κ1) is 22.8. The van der Waals surface area contributed by atoms with Crippen LogP contribution in [0.1, 0.15) is 33.2 Å². The van der Waals surface area contributed by atoms with Crippen molar-refractivity contribution in [1.82, 2.24) is 0 Å². The molecule has 0 aromatic heterocycles. The second-order valence-electron chi connectivity index (χ2n) is 6.88. The van der Waals surface area contributed by atoms with Gasteiger partial charge in [-0.05, 0) is 67.1 Å². The maximum Gasteiger partial charge on any atom is 0.344 e. The predicted octanol–water partition coefficient (Wildman–Crippen LogP) is 5.34. The molecule has 0 saturated carbocycles. The number of ether oxygens (including phenoxy) is 1. The standard InChI is InChI=1S/C25H20ClNO5/c1-16(25(30)31)32-20-12-10-18(11-13-20)23(28)14-9-17-5-4-6-19(15-17)27-24(29)21-7-2-3-8-22(21)26/h2-16H,1H3,(H,27,29)(H,30,31)/b14-9+. The van der Waals surface area contributed by atoms with Gasteiger partial charge in [0.25, 0.3) is 5.91 Å². The Morgan fingerprint density at radius 3 is 2.41 bits per heavy atom. The quantitative estimate of drug-likeness (QED) is 0.357. The molecule has 1 amide bonds. The molecule has 0 spiro atoms. The summed E-state index contributed by atoms with van der Waals surface area (Å²) < 4.78 is 5.25. The number of amides is 1. The van der Waals surface area contributed by atoms with Crippen molar-refractivity contribution in [3.8, 4) is 5.75 Å². The maximum atomic E-state index is 12.4. The number of hydrogen-bond donors (Lipinski definition) is 2. The average Bonchev–Trinajstić information content (AvgIpc) is 2.78. The number of carbonyl (C=O) groups is 3. The van der Waals surface area contributed by atoms with Crippen LogP contribution in [0.5, 0.6) is 5.75 Å². The number of ketones is 1. The molecule has 3 aromatic rings. The number of aliphatic carboxylic acids is 1. The third kappa shape index (κ3) is 6.06. The van der Waals surface area contributed by atoms with E-state index in [1.54, 1.807) is 78.9 Å². The number of allylic oxidation sites excluding steroid dienone is 1. The zero-order chi connectivity index (χ0) is 23.1. The van der Waals surface area contributed by atoms with E-state index >= 15 is 0 Å². The topological polar surface area (TPSA) is 92.7 Å². The minimum Gasteiger partial charge on any atom is -0.479 e. The van der Waals surface area contributed by atoms with Crippen molar-refractivity contribution in [2.24, 2.45) is 0 Å². The van der Waals surface area contributed by atoms with Crippen LogP contribution in [0.3, 0.4) is 0 Å². The highest BCUT2D eigenvalue weighted by molar-refractivity contribution is 6.34. The molecule has 3 aromatic carbocycles. The van der Waals surface area contributed by atoms with E-state index in [9.17, 15) is 14.4 Å². The van der Waals surface area contributed by atoms with Gasteiger partial charge in [0.2, 0.25) is 0 Å². The van der Waals surface area contributed by atoms with Crippen LogP contribution >= 0.6 is 11.6 Å². The normalized spacial score (nSPS) is 11.7. The number of carbonyl (C=O) groups excluding carboxylic acids is 2. The van der Waals surface area contributed by atoms with Crippen molar-refractivity contribution in [2.75, 3.05) is 5.32 Å². The first-order valence-electron chi connectivity index (χ1n) is 9.71. The molecule has 0 fully saturated rings. The van der Waals surface area contributed by atoms with Gasteiger partial charge in [-0.25, -0.2) is 4.79 Å². The van der Waals surface area contributed by atoms with Crippen LogP contribution in [0, 0.1) is 0 Å². The highest BCUT2D eigenvalue weighted by Gasteiger charge is 2.13. The number of anilines is 1. The lowest BCUT2D eigenvalue weighted by Gasteiger charge is -2.10. The van der Waals surface area contributed by atoms with Crippen molar-refractivity contribution < 1.29 is 24.2 Å². The third-order valence-electron chi connectivity index (χ3n) is 4.49. The first-order chi connectivity index (χ1) is 15.3. The number of halogens is 1. The van der Waals surface area contributed by atoms with Gasteiger partial charge in [0, 0.05) is 11.3 Å². The van der Waals surface area contributed by atoms with E-state index in [1.807, 2.05) is 0 Å². The number of benzene rings is 3. The third-order valence-corrected chi connectivity index (χ3v) is 4.82. The molecule has 0 aliphatic heterocycles. The van der Waals surface area contributed by atoms with Gasteiger partial charge >= 0.3 is 5.97 Å². The number of hydrogen-bond acceptors (Lipinski definition) is 4. The summed E-state index contributed by atoms with van der Waals surface area (Å²) in [6.45, 7) is 1.43. The van der Waals surface area contributed by atoms with Crippen molar-refractivity contribution in [1.29, 1.82) is 0 Å². The zero-order valence-corrected chi connectivity index (χ0v) is 17.9. The van der Waals surface area contributed by atoms with Crippen LogP contribution in [0.4, 0.5) is 5.69 Å². The van der Waals surface area contributed by atoms with Crippen LogP contribution in [-0.2, 0) is 4.79 Å². The van der Waals surface area contributed by atoms with Gasteiger partial charge in [0.1, 0.15) is 5.75 Å². The fourth-order valence-electron chi connectivity index (χ4n) is 2.78. The minimum atomic E-state index is -1.07. The number of nitrogens with one attached hydrogen (secondary N) is 1. The summed E-state index contributed by atoms with van der Waals surface area (Å²) in [5.41, 5.74) is 2.10. The Morgan fingerprint density at radius 1 is 1.00 bits per heavy atom. The van der Waals surface area contributed by atoms with Crippen LogP contribution in [0.15, 0.2) is 78.9 Å². The van der Waals surface area contributed by atoms with Gasteiger partial charge in [0.15, 0.2) is 11.9 Å². The highest BCUT2D eigenvalue weighted by Crippen LogP contribution is 2.19. The first-order valence-corrected chi connectivity index (χ1v) is 10.1. The van der Waals surface area contributed by atoms with Gasteiger partial charge in [0.05, 0.1) is 10.6 Å². The monoisotopic (exact) mass is 449 g/mol. The molecule has 2 N–H and O–H groups in total. The highest BCUT2D eigenvalue weighted by atomic mass is 35.5. The molecule has 0 radical (unpaired) electrons. The van der Waals surface area contributed by atoms with E-state index in [-0.39, 0.29) is 11.7 Å². The second kappa shape index (κ2) is 10.4. The SMILES string of the molecule is CC(Oc1ccc(C(=O)/C=C/c2cccc(NC(=O)c3ccccc3Cl)c2)cc1)C(=O)O. The number of carboxylic acids is 1. The van der Waals surface area contributed by atoms with Gasteiger partial charge in [-0.2, -0.15) is 0 Å². The molecule has 3 rings (SSSR count). The van der Waals surface area contributed by atoms with E-state index in [2.05, 4.69) is 5.32 Å². The second-order valence-corrected chi connectivity index (χ2v) is 7.29. The van der Waals surface area contributed by atoms with Crippen LogP contribution in [0.25, 0.3) is 6.08 Å². The molecule has 162 valence electrons. The Balaban J connectivity index is 1.65. The fourth-order valence-corrected chi connectivity index (χ4v) is 3.01. The summed E-state index contributed by atoms with van der Waals surface area (Å²) in [5.74, 6) is -1.26. The molecule has 7 heteroatoms. The van der Waals surface area contributed by atoms with Gasteiger partial charge < -0.3 is 15.2 Å². The van der Waals surface area contributed by atoms with E-state index in [4.69, 9.17) is 21.4 Å². The van der Waals surface area contributed by atoms with Crippen LogP contribution < -0.4 is 10.1 Å². The largest absolute Gasteiger partial charge is 0.479 e. The van der Waals surface area contributed by atoms with E-state index in [0.29, 0.717) is 27.6 Å². The number of rotatable bonds is 8. The van der Waals surface area contributed by atoms with E-state index in [0.717, 1.165) is 5.56 Å². The van der Waals surface area contributed by atoms with Crippen molar-refractivity contribution in [2.45, 2.75) is 13.0 Å². The van der Waals surface area contributed by atoms with Crippen LogP contribution in [0.2, 0.25) is 5.02 Å². The Bertz CT molecular complexity index is 1170. The fraction of sp³-hybridized carbons (Fsp3) is 0.0800. The Labute approximate surface area is 190 Å². The average molecular weight is 450 g/mol. The molecule has 1 atom stereocenters. The molecule has 0 saturated heterocycles. The van der Waals surface area contributed by atoms with Crippen molar-refractivity contribution in [3.05, 3.63) is 101 Å². The summed E-state index contributed by atoms with van der Waals surface area (Å²) in [6.07, 6.45) is 2.08. The molecule has 32 heavy (non-hydrogen) atoms. The molecular formula is C25H20ClNO5. The van der Waals surface area contributed by atoms with Crippen molar-refractivity contribution >= 4 is 41.0 Å². The lowest BCUT2D eigenvalue weighted by molar-refractivity contribution is -0.144. The molecule has 1 unspecified atom stereocenters. The Hall–Kier alpha value is -3.90. The molecule has 0 bridgehead atoms. The zero-order valence-electron chi connectivity index (χ0n) is 17.1. The molecule has 0 aliphatic carbocycles. The summed E-state index contributed by atoms with van der Waals surface area (Å²) in [6, 6.07) is 20.0. The van der Waals surface area contributed by atoms with Crippen molar-refractivity contribution in [3.63, 3.8) is 0 Å². The van der Waals surface area contributed by atoms with Gasteiger partial charge in [-0.3, -0.25) is 9.59 Å².